The molecule has 0 fully saturated rings. The SMILES string of the molecule is COC(CN)CC(=O)N(C)c1ccc(C(C)(C)C)cc1.Cl. The number of carbonyl (C=O) groups is 1. The Morgan fingerprint density at radius 1 is 1.29 bits per heavy atom. The highest BCUT2D eigenvalue weighted by atomic mass is 35.5. The van der Waals surface area contributed by atoms with Crippen molar-refractivity contribution in [3.8, 4) is 0 Å². The zero-order valence-electron chi connectivity index (χ0n) is 13.6. The molecule has 1 atom stereocenters. The molecule has 1 aromatic rings. The van der Waals surface area contributed by atoms with E-state index >= 15 is 0 Å². The molecule has 0 bridgehead atoms. The van der Waals surface area contributed by atoms with E-state index in [1.165, 1.54) is 5.56 Å². The normalized spacial score (nSPS) is 12.5. The second kappa shape index (κ2) is 8.37. The number of hydrogen-bond donors (Lipinski definition) is 1. The molecule has 0 saturated heterocycles. The van der Waals surface area contributed by atoms with Crippen molar-refractivity contribution in [1.29, 1.82) is 0 Å². The molecule has 1 rings (SSSR count). The summed E-state index contributed by atoms with van der Waals surface area (Å²) < 4.78 is 5.15. The molecular weight excluding hydrogens is 288 g/mol. The van der Waals surface area contributed by atoms with Crippen LogP contribution in [0.1, 0.15) is 32.8 Å². The third kappa shape index (κ3) is 5.65. The maximum Gasteiger partial charge on any atom is 0.229 e. The standard InChI is InChI=1S/C16H26N2O2.ClH/c1-16(2,3)12-6-8-13(9-7-12)18(4)15(19)10-14(11-17)20-5;/h6-9,14H,10-11,17H2,1-5H3;1H. The molecule has 0 aromatic heterocycles. The Morgan fingerprint density at radius 3 is 2.19 bits per heavy atom. The number of hydrogen-bond acceptors (Lipinski definition) is 3. The van der Waals surface area contributed by atoms with Crippen molar-refractivity contribution in [2.75, 3.05) is 25.6 Å². The van der Waals surface area contributed by atoms with Gasteiger partial charge in [0.05, 0.1) is 12.5 Å². The molecule has 5 heteroatoms. The molecule has 0 aliphatic rings. The molecule has 0 heterocycles. The smallest absolute Gasteiger partial charge is 0.229 e. The second-order valence-electron chi connectivity index (χ2n) is 6.05. The van der Waals surface area contributed by atoms with Gasteiger partial charge in [0, 0.05) is 26.4 Å². The fourth-order valence-electron chi connectivity index (χ4n) is 1.92. The van der Waals surface area contributed by atoms with Crippen LogP contribution in [0.15, 0.2) is 24.3 Å². The number of rotatable bonds is 5. The molecule has 4 nitrogen and oxygen atoms in total. The van der Waals surface area contributed by atoms with E-state index in [0.29, 0.717) is 13.0 Å². The summed E-state index contributed by atoms with van der Waals surface area (Å²) in [4.78, 5) is 13.8. The Hall–Kier alpha value is -1.10. The first kappa shape index (κ1) is 19.9. The molecule has 0 aliphatic carbocycles. The maximum absolute atomic E-state index is 12.1. The number of amides is 1. The average molecular weight is 315 g/mol. The minimum Gasteiger partial charge on any atom is -0.380 e. The van der Waals surface area contributed by atoms with Gasteiger partial charge in [0.25, 0.3) is 0 Å². The van der Waals surface area contributed by atoms with Gasteiger partial charge in [0.15, 0.2) is 0 Å². The lowest BCUT2D eigenvalue weighted by molar-refractivity contribution is -0.120. The highest BCUT2D eigenvalue weighted by Crippen LogP contribution is 2.24. The van der Waals surface area contributed by atoms with Gasteiger partial charge >= 0.3 is 0 Å². The molecule has 0 aliphatic heterocycles. The van der Waals surface area contributed by atoms with Crippen molar-refractivity contribution in [1.82, 2.24) is 0 Å². The van der Waals surface area contributed by atoms with Crippen LogP contribution in [0.2, 0.25) is 0 Å². The minimum absolute atomic E-state index is 0. The van der Waals surface area contributed by atoms with E-state index in [1.807, 2.05) is 12.1 Å². The molecular formula is C16H27ClN2O2. The molecule has 0 radical (unpaired) electrons. The van der Waals surface area contributed by atoms with Crippen LogP contribution in [-0.2, 0) is 14.9 Å². The Morgan fingerprint density at radius 2 is 1.81 bits per heavy atom. The van der Waals surface area contributed by atoms with Crippen LogP contribution < -0.4 is 10.6 Å². The van der Waals surface area contributed by atoms with E-state index < -0.39 is 0 Å². The fourth-order valence-corrected chi connectivity index (χ4v) is 1.92. The Balaban J connectivity index is 0.00000400. The van der Waals surface area contributed by atoms with Gasteiger partial charge in [-0.25, -0.2) is 0 Å². The predicted octanol–water partition coefficient (Wildman–Crippen LogP) is 2.73. The van der Waals surface area contributed by atoms with E-state index in [2.05, 4.69) is 32.9 Å². The monoisotopic (exact) mass is 314 g/mol. The lowest BCUT2D eigenvalue weighted by Gasteiger charge is -2.23. The molecule has 2 N–H and O–H groups in total. The van der Waals surface area contributed by atoms with Crippen LogP contribution in [0.4, 0.5) is 5.69 Å². The van der Waals surface area contributed by atoms with Gasteiger partial charge in [0.2, 0.25) is 5.91 Å². The first-order valence-corrected chi connectivity index (χ1v) is 6.89. The van der Waals surface area contributed by atoms with Crippen molar-refractivity contribution in [2.45, 2.75) is 38.7 Å². The van der Waals surface area contributed by atoms with E-state index in [1.54, 1.807) is 19.1 Å². The van der Waals surface area contributed by atoms with Gasteiger partial charge < -0.3 is 15.4 Å². The summed E-state index contributed by atoms with van der Waals surface area (Å²) in [7, 11) is 3.35. The van der Waals surface area contributed by atoms with E-state index in [-0.39, 0.29) is 29.8 Å². The van der Waals surface area contributed by atoms with Gasteiger partial charge in [-0.2, -0.15) is 0 Å². The molecule has 0 spiro atoms. The van der Waals surface area contributed by atoms with Crippen LogP contribution >= 0.6 is 12.4 Å². The minimum atomic E-state index is -0.223. The van der Waals surface area contributed by atoms with Crippen molar-refractivity contribution in [2.24, 2.45) is 5.73 Å². The lowest BCUT2D eigenvalue weighted by atomic mass is 9.87. The highest BCUT2D eigenvalue weighted by molar-refractivity contribution is 5.93. The van der Waals surface area contributed by atoms with Crippen LogP contribution in [0.25, 0.3) is 0 Å². The van der Waals surface area contributed by atoms with Crippen molar-refractivity contribution < 1.29 is 9.53 Å². The number of methoxy groups -OCH3 is 1. The van der Waals surface area contributed by atoms with Gasteiger partial charge in [-0.1, -0.05) is 32.9 Å². The highest BCUT2D eigenvalue weighted by Gasteiger charge is 2.18. The van der Waals surface area contributed by atoms with E-state index in [0.717, 1.165) is 5.69 Å². The van der Waals surface area contributed by atoms with Crippen LogP contribution in [0, 0.1) is 0 Å². The van der Waals surface area contributed by atoms with Crippen molar-refractivity contribution >= 4 is 24.0 Å². The van der Waals surface area contributed by atoms with Gasteiger partial charge in [0.1, 0.15) is 0 Å². The molecule has 120 valence electrons. The van der Waals surface area contributed by atoms with E-state index in [4.69, 9.17) is 10.5 Å². The van der Waals surface area contributed by atoms with Gasteiger partial charge in [-0.3, -0.25) is 4.79 Å². The third-order valence-corrected chi connectivity index (χ3v) is 3.49. The molecule has 1 unspecified atom stereocenters. The summed E-state index contributed by atoms with van der Waals surface area (Å²) in [6, 6.07) is 8.08. The summed E-state index contributed by atoms with van der Waals surface area (Å²) in [6.45, 7) is 6.85. The van der Waals surface area contributed by atoms with E-state index in [9.17, 15) is 4.79 Å². The summed E-state index contributed by atoms with van der Waals surface area (Å²) in [5, 5.41) is 0. The summed E-state index contributed by atoms with van der Waals surface area (Å²) in [5.41, 5.74) is 7.79. The number of nitrogens with two attached hydrogens (primary N) is 1. The second-order valence-corrected chi connectivity index (χ2v) is 6.05. The molecule has 0 saturated carbocycles. The van der Waals surface area contributed by atoms with Crippen LogP contribution in [-0.4, -0.2) is 32.7 Å². The first-order valence-electron chi connectivity index (χ1n) is 6.89. The number of halogens is 1. The third-order valence-electron chi connectivity index (χ3n) is 3.49. The Kier molecular flexibility index (Phi) is 7.93. The van der Waals surface area contributed by atoms with Crippen LogP contribution in [0.5, 0.6) is 0 Å². The molecule has 1 aromatic carbocycles. The first-order chi connectivity index (χ1) is 9.29. The average Bonchev–Trinajstić information content (AvgIpc) is 2.42. The topological polar surface area (TPSA) is 55.6 Å². The zero-order chi connectivity index (χ0) is 15.3. The number of benzene rings is 1. The van der Waals surface area contributed by atoms with Gasteiger partial charge in [-0.15, -0.1) is 12.4 Å². The quantitative estimate of drug-likeness (QED) is 0.909. The summed E-state index contributed by atoms with van der Waals surface area (Å²) >= 11 is 0. The van der Waals surface area contributed by atoms with Crippen LogP contribution in [0.3, 0.4) is 0 Å². The van der Waals surface area contributed by atoms with Crippen molar-refractivity contribution in [3.63, 3.8) is 0 Å². The number of nitrogens with zero attached hydrogens (tertiary/aromatic N) is 1. The zero-order valence-corrected chi connectivity index (χ0v) is 14.4. The fraction of sp³-hybridized carbons (Fsp3) is 0.562. The lowest BCUT2D eigenvalue weighted by Crippen LogP contribution is -2.33. The predicted molar refractivity (Wildman–Crippen MR) is 90.3 cm³/mol. The maximum atomic E-state index is 12.1. The van der Waals surface area contributed by atoms with Gasteiger partial charge in [-0.05, 0) is 23.1 Å². The number of anilines is 1. The van der Waals surface area contributed by atoms with Crippen molar-refractivity contribution in [3.05, 3.63) is 29.8 Å². The molecule has 1 amide bonds. The Bertz CT molecular complexity index is 437. The molecule has 21 heavy (non-hydrogen) atoms. The summed E-state index contributed by atoms with van der Waals surface area (Å²) in [5.74, 6) is 0.00538. The summed E-state index contributed by atoms with van der Waals surface area (Å²) in [6.07, 6.45) is 0.0728. The number of carbonyl (C=O) groups excluding carboxylic acids is 1. The Labute approximate surface area is 134 Å². The largest absolute Gasteiger partial charge is 0.380 e. The number of ether oxygens (including phenoxy) is 1.